The third-order valence-corrected chi connectivity index (χ3v) is 6.28. The van der Waals surface area contributed by atoms with Gasteiger partial charge in [-0.05, 0) is 43.7 Å². The number of hydrogen-bond acceptors (Lipinski definition) is 4. The highest BCUT2D eigenvalue weighted by molar-refractivity contribution is 7.99. The Morgan fingerprint density at radius 2 is 2.32 bits per heavy atom. The summed E-state index contributed by atoms with van der Waals surface area (Å²) < 4.78 is 2.49. The van der Waals surface area contributed by atoms with Gasteiger partial charge in [0.25, 0.3) is 0 Å². The highest BCUT2D eigenvalue weighted by Crippen LogP contribution is 2.35. The third-order valence-electron chi connectivity index (χ3n) is 5.06. The van der Waals surface area contributed by atoms with Gasteiger partial charge in [-0.3, -0.25) is 0 Å². The van der Waals surface area contributed by atoms with E-state index in [9.17, 15) is 0 Å². The average Bonchev–Trinajstić information content (AvgIpc) is 3.19. The fourth-order valence-corrected chi connectivity index (χ4v) is 4.99. The highest BCUT2D eigenvalue weighted by Gasteiger charge is 2.30. The quantitative estimate of drug-likeness (QED) is 0.870. The van der Waals surface area contributed by atoms with Gasteiger partial charge < -0.3 is 9.47 Å². The molecule has 2 aromatic heterocycles. The van der Waals surface area contributed by atoms with Gasteiger partial charge in [0.2, 0.25) is 0 Å². The van der Waals surface area contributed by atoms with Crippen molar-refractivity contribution < 1.29 is 0 Å². The first-order chi connectivity index (χ1) is 10.9. The molecule has 0 spiro atoms. The molecular weight excluding hydrogens is 292 g/mol. The first-order valence-corrected chi connectivity index (χ1v) is 9.65. The Morgan fingerprint density at radius 3 is 3.09 bits per heavy atom. The number of hydrogen-bond donors (Lipinski definition) is 0. The molecule has 0 N–H and O–H groups in total. The molecule has 118 valence electrons. The Kier molecular flexibility index (Phi) is 4.09. The Bertz CT molecular complexity index is 647. The van der Waals surface area contributed by atoms with Gasteiger partial charge in [-0.15, -0.1) is 0 Å². The fourth-order valence-electron chi connectivity index (χ4n) is 3.85. The van der Waals surface area contributed by atoms with Gasteiger partial charge in [0.1, 0.15) is 11.3 Å². The summed E-state index contributed by atoms with van der Waals surface area (Å²) in [6.45, 7) is 5.74. The van der Waals surface area contributed by atoms with E-state index in [0.717, 1.165) is 24.3 Å². The molecule has 2 atom stereocenters. The van der Waals surface area contributed by atoms with E-state index < -0.39 is 0 Å². The molecule has 0 radical (unpaired) electrons. The van der Waals surface area contributed by atoms with Crippen LogP contribution < -0.4 is 0 Å². The van der Waals surface area contributed by atoms with Crippen molar-refractivity contribution >= 4 is 22.9 Å². The molecular formula is C17H24N4S. The Hall–Kier alpha value is -1.07. The van der Waals surface area contributed by atoms with Crippen LogP contribution in [0, 0.1) is 0 Å². The second kappa shape index (κ2) is 6.20. The van der Waals surface area contributed by atoms with E-state index in [4.69, 9.17) is 4.98 Å². The molecule has 0 aromatic carbocycles. The lowest BCUT2D eigenvalue weighted by Crippen LogP contribution is -2.23. The topological polar surface area (TPSA) is 34.0 Å². The number of pyridine rings is 1. The normalized spacial score (nSPS) is 26.8. The van der Waals surface area contributed by atoms with Crippen molar-refractivity contribution in [1.29, 1.82) is 0 Å². The number of thioether (sulfide) groups is 1. The van der Waals surface area contributed by atoms with Crippen LogP contribution in [0.25, 0.3) is 11.2 Å². The summed E-state index contributed by atoms with van der Waals surface area (Å²) in [5.74, 6) is 4.42. The van der Waals surface area contributed by atoms with Crippen LogP contribution in [0.4, 0.5) is 0 Å². The maximum Gasteiger partial charge on any atom is 0.160 e. The summed E-state index contributed by atoms with van der Waals surface area (Å²) in [7, 11) is 0. The lowest BCUT2D eigenvalue weighted by Gasteiger charge is -2.24. The van der Waals surface area contributed by atoms with Crippen molar-refractivity contribution in [2.24, 2.45) is 0 Å². The zero-order valence-corrected chi connectivity index (χ0v) is 14.1. The van der Waals surface area contributed by atoms with E-state index in [1.54, 1.807) is 0 Å². The summed E-state index contributed by atoms with van der Waals surface area (Å²) in [6.07, 6.45) is 5.73. The molecule has 22 heavy (non-hydrogen) atoms. The largest absolute Gasteiger partial charge is 0.308 e. The van der Waals surface area contributed by atoms with Crippen LogP contribution in [0.3, 0.4) is 0 Å². The van der Waals surface area contributed by atoms with E-state index in [0.29, 0.717) is 12.0 Å². The average molecular weight is 316 g/mol. The van der Waals surface area contributed by atoms with Crippen LogP contribution in [0.5, 0.6) is 0 Å². The van der Waals surface area contributed by atoms with Gasteiger partial charge in [0.05, 0.1) is 6.04 Å². The van der Waals surface area contributed by atoms with Gasteiger partial charge in [-0.2, -0.15) is 11.8 Å². The van der Waals surface area contributed by atoms with E-state index in [2.05, 4.69) is 39.2 Å². The first kappa shape index (κ1) is 14.5. The summed E-state index contributed by atoms with van der Waals surface area (Å²) in [6, 6.07) is 4.67. The van der Waals surface area contributed by atoms with Crippen molar-refractivity contribution in [3.8, 4) is 0 Å². The molecule has 2 aliphatic heterocycles. The lowest BCUT2D eigenvalue weighted by molar-refractivity contribution is 0.339. The lowest BCUT2D eigenvalue weighted by atomic mass is 10.0. The summed E-state index contributed by atoms with van der Waals surface area (Å²) in [5.41, 5.74) is 2.17. The van der Waals surface area contributed by atoms with E-state index >= 15 is 0 Å². The Balaban J connectivity index is 1.76. The molecule has 5 heteroatoms. The molecule has 2 fully saturated rings. The van der Waals surface area contributed by atoms with Crippen molar-refractivity contribution in [2.45, 2.75) is 38.1 Å². The zero-order chi connectivity index (χ0) is 14.9. The highest BCUT2D eigenvalue weighted by atomic mass is 32.2. The van der Waals surface area contributed by atoms with Gasteiger partial charge in [0, 0.05) is 31.0 Å². The van der Waals surface area contributed by atoms with Crippen LogP contribution in [0.1, 0.15) is 44.0 Å². The second-order valence-electron chi connectivity index (χ2n) is 6.44. The molecule has 0 aliphatic carbocycles. The van der Waals surface area contributed by atoms with E-state index in [1.165, 1.54) is 43.1 Å². The maximum absolute atomic E-state index is 5.00. The van der Waals surface area contributed by atoms with Crippen LogP contribution in [-0.2, 0) is 0 Å². The second-order valence-corrected chi connectivity index (χ2v) is 7.59. The number of rotatable bonds is 3. The number of likely N-dealkylation sites (N-methyl/N-ethyl adjacent to an activating group) is 1. The first-order valence-electron chi connectivity index (χ1n) is 8.49. The van der Waals surface area contributed by atoms with Gasteiger partial charge in [-0.1, -0.05) is 6.92 Å². The van der Waals surface area contributed by atoms with Crippen LogP contribution in [0.2, 0.25) is 0 Å². The summed E-state index contributed by atoms with van der Waals surface area (Å²) in [4.78, 5) is 12.2. The van der Waals surface area contributed by atoms with Gasteiger partial charge in [-0.25, -0.2) is 9.97 Å². The molecule has 0 amide bonds. The minimum absolute atomic E-state index is 0.543. The monoisotopic (exact) mass is 316 g/mol. The minimum Gasteiger partial charge on any atom is -0.308 e. The molecule has 2 unspecified atom stereocenters. The molecule has 4 heterocycles. The Labute approximate surface area is 136 Å². The minimum atomic E-state index is 0.543. The van der Waals surface area contributed by atoms with Gasteiger partial charge in [0.15, 0.2) is 5.65 Å². The number of fused-ring (bicyclic) bond motifs is 1. The standard InChI is InChI=1S/C17H24N4S/c1-2-20-9-7-14(11-20)21-16(13-5-4-10-22-12-13)19-15-6-3-8-18-17(15)21/h3,6,8,13-14H,2,4-5,7,9-12H2,1H3. The molecule has 4 rings (SSSR count). The smallest absolute Gasteiger partial charge is 0.160 e. The molecule has 2 aromatic rings. The molecule has 0 bridgehead atoms. The van der Waals surface area contributed by atoms with Gasteiger partial charge >= 0.3 is 0 Å². The number of likely N-dealkylation sites (tertiary alicyclic amines) is 1. The fraction of sp³-hybridized carbons (Fsp3) is 0.647. The SMILES string of the molecule is CCN1CCC(n2c(C3CCCSC3)nc3cccnc32)C1. The van der Waals surface area contributed by atoms with Crippen LogP contribution >= 0.6 is 11.8 Å². The predicted molar refractivity (Wildman–Crippen MR) is 92.6 cm³/mol. The summed E-state index contributed by atoms with van der Waals surface area (Å²) >= 11 is 2.08. The predicted octanol–water partition coefficient (Wildman–Crippen LogP) is 3.31. The molecule has 0 saturated carbocycles. The molecule has 4 nitrogen and oxygen atoms in total. The molecule has 2 aliphatic rings. The van der Waals surface area contributed by atoms with Crippen LogP contribution in [-0.4, -0.2) is 50.6 Å². The number of nitrogens with zero attached hydrogens (tertiary/aromatic N) is 4. The number of aromatic nitrogens is 3. The van der Waals surface area contributed by atoms with Crippen molar-refractivity contribution in [1.82, 2.24) is 19.4 Å². The van der Waals surface area contributed by atoms with Crippen molar-refractivity contribution in [2.75, 3.05) is 31.1 Å². The summed E-state index contributed by atoms with van der Waals surface area (Å²) in [5, 5.41) is 0. The third kappa shape index (κ3) is 2.54. The number of imidazole rings is 1. The Morgan fingerprint density at radius 1 is 1.36 bits per heavy atom. The maximum atomic E-state index is 5.00. The zero-order valence-electron chi connectivity index (χ0n) is 13.2. The van der Waals surface area contributed by atoms with Crippen LogP contribution in [0.15, 0.2) is 18.3 Å². The van der Waals surface area contributed by atoms with E-state index in [1.807, 2.05) is 12.3 Å². The van der Waals surface area contributed by atoms with Crippen molar-refractivity contribution in [3.05, 3.63) is 24.2 Å². The van der Waals surface area contributed by atoms with Crippen molar-refractivity contribution in [3.63, 3.8) is 0 Å². The van der Waals surface area contributed by atoms with E-state index in [-0.39, 0.29) is 0 Å². The molecule has 2 saturated heterocycles.